The van der Waals surface area contributed by atoms with Crippen molar-refractivity contribution >= 4 is 17.4 Å². The maximum Gasteiger partial charge on any atom is 0.103 e. The molecule has 0 aromatic heterocycles. The molecule has 3 nitrogen and oxygen atoms in total. The summed E-state index contributed by atoms with van der Waals surface area (Å²) in [5.74, 6) is 1.00. The molecule has 1 heterocycles. The highest BCUT2D eigenvalue weighted by Crippen LogP contribution is 2.32. The molecule has 21 heavy (non-hydrogen) atoms. The van der Waals surface area contributed by atoms with Gasteiger partial charge in [0.25, 0.3) is 0 Å². The van der Waals surface area contributed by atoms with Gasteiger partial charge in [0, 0.05) is 24.0 Å². The molecule has 1 aliphatic heterocycles. The Bertz CT molecular complexity index is 505. The van der Waals surface area contributed by atoms with Gasteiger partial charge in [-0.15, -0.1) is 11.8 Å². The standard InChI is InChI=1S/C17H25N3S/c1-4-19(5-2)14-10-11-20(13-14)16-8-7-9-17(21-6-3)15(16)12-18/h7-9,14H,4-6,10-11,13H2,1-3H3. The Morgan fingerprint density at radius 1 is 1.33 bits per heavy atom. The minimum Gasteiger partial charge on any atom is -0.369 e. The van der Waals surface area contributed by atoms with Crippen molar-refractivity contribution in [1.82, 2.24) is 4.90 Å². The average Bonchev–Trinajstić information content (AvgIpc) is 2.98. The summed E-state index contributed by atoms with van der Waals surface area (Å²) in [6.07, 6.45) is 1.19. The molecule has 1 atom stereocenters. The number of nitrogens with zero attached hydrogens (tertiary/aromatic N) is 3. The topological polar surface area (TPSA) is 30.3 Å². The Balaban J connectivity index is 2.20. The summed E-state index contributed by atoms with van der Waals surface area (Å²) in [5.41, 5.74) is 1.97. The van der Waals surface area contributed by atoms with Crippen molar-refractivity contribution in [3.8, 4) is 6.07 Å². The van der Waals surface area contributed by atoms with Gasteiger partial charge in [-0.3, -0.25) is 4.90 Å². The molecule has 0 saturated carbocycles. The van der Waals surface area contributed by atoms with E-state index >= 15 is 0 Å². The van der Waals surface area contributed by atoms with E-state index in [1.54, 1.807) is 11.8 Å². The minimum atomic E-state index is 0.619. The van der Waals surface area contributed by atoms with Crippen molar-refractivity contribution in [2.24, 2.45) is 0 Å². The quantitative estimate of drug-likeness (QED) is 0.751. The number of benzene rings is 1. The van der Waals surface area contributed by atoms with Gasteiger partial charge < -0.3 is 4.90 Å². The molecule has 114 valence electrons. The largest absolute Gasteiger partial charge is 0.369 e. The summed E-state index contributed by atoms with van der Waals surface area (Å²) < 4.78 is 0. The first kappa shape index (κ1) is 16.2. The van der Waals surface area contributed by atoms with Crippen LogP contribution < -0.4 is 4.90 Å². The van der Waals surface area contributed by atoms with Crippen LogP contribution in [-0.4, -0.2) is 42.9 Å². The van der Waals surface area contributed by atoms with Crippen molar-refractivity contribution in [2.45, 2.75) is 38.1 Å². The predicted molar refractivity (Wildman–Crippen MR) is 91.1 cm³/mol. The van der Waals surface area contributed by atoms with Gasteiger partial charge in [0.2, 0.25) is 0 Å². The maximum atomic E-state index is 9.55. The molecule has 1 saturated heterocycles. The van der Waals surface area contributed by atoms with Crippen LogP contribution in [-0.2, 0) is 0 Å². The molecular weight excluding hydrogens is 278 g/mol. The Morgan fingerprint density at radius 3 is 2.71 bits per heavy atom. The normalized spacial score (nSPS) is 18.2. The number of thioether (sulfide) groups is 1. The van der Waals surface area contributed by atoms with Gasteiger partial charge in [-0.05, 0) is 37.4 Å². The highest BCUT2D eigenvalue weighted by atomic mass is 32.2. The van der Waals surface area contributed by atoms with E-state index in [-0.39, 0.29) is 0 Å². The zero-order valence-electron chi connectivity index (χ0n) is 13.3. The minimum absolute atomic E-state index is 0.619. The molecule has 4 heteroatoms. The van der Waals surface area contributed by atoms with E-state index in [4.69, 9.17) is 0 Å². The molecule has 0 aliphatic carbocycles. The lowest BCUT2D eigenvalue weighted by atomic mass is 10.2. The van der Waals surface area contributed by atoms with E-state index < -0.39 is 0 Å². The number of rotatable bonds is 6. The number of hydrogen-bond acceptors (Lipinski definition) is 4. The van der Waals surface area contributed by atoms with Crippen LogP contribution in [0.5, 0.6) is 0 Å². The molecule has 1 aliphatic rings. The zero-order valence-corrected chi connectivity index (χ0v) is 14.1. The fourth-order valence-electron chi connectivity index (χ4n) is 3.17. The van der Waals surface area contributed by atoms with Crippen LogP contribution in [0.15, 0.2) is 23.1 Å². The third kappa shape index (κ3) is 3.53. The van der Waals surface area contributed by atoms with Crippen molar-refractivity contribution in [3.05, 3.63) is 23.8 Å². The van der Waals surface area contributed by atoms with Gasteiger partial charge in [-0.25, -0.2) is 0 Å². The van der Waals surface area contributed by atoms with Crippen molar-refractivity contribution < 1.29 is 0 Å². The Labute approximate surface area is 132 Å². The monoisotopic (exact) mass is 303 g/mol. The molecule has 1 fully saturated rings. The van der Waals surface area contributed by atoms with Gasteiger partial charge in [-0.1, -0.05) is 26.8 Å². The third-order valence-electron chi connectivity index (χ3n) is 4.25. The highest BCUT2D eigenvalue weighted by Gasteiger charge is 2.28. The molecule has 0 amide bonds. The van der Waals surface area contributed by atoms with Crippen LogP contribution in [0, 0.1) is 11.3 Å². The lowest BCUT2D eigenvalue weighted by molar-refractivity contribution is 0.232. The van der Waals surface area contributed by atoms with Gasteiger partial charge in [0.05, 0.1) is 11.3 Å². The first-order chi connectivity index (χ1) is 10.2. The molecule has 0 radical (unpaired) electrons. The van der Waals surface area contributed by atoms with Crippen molar-refractivity contribution in [1.29, 1.82) is 5.26 Å². The second-order valence-corrected chi connectivity index (χ2v) is 6.61. The molecule has 0 bridgehead atoms. The maximum absolute atomic E-state index is 9.55. The summed E-state index contributed by atoms with van der Waals surface area (Å²) in [6.45, 7) is 10.9. The van der Waals surface area contributed by atoms with Crippen molar-refractivity contribution in [2.75, 3.05) is 36.8 Å². The fraction of sp³-hybridized carbons (Fsp3) is 0.588. The Morgan fingerprint density at radius 2 is 2.10 bits per heavy atom. The van der Waals surface area contributed by atoms with Crippen LogP contribution in [0.4, 0.5) is 5.69 Å². The second-order valence-electron chi connectivity index (χ2n) is 5.30. The third-order valence-corrected chi connectivity index (χ3v) is 5.19. The molecule has 0 N–H and O–H groups in total. The molecule has 1 unspecified atom stereocenters. The van der Waals surface area contributed by atoms with Gasteiger partial charge in [0.15, 0.2) is 0 Å². The lowest BCUT2D eigenvalue weighted by Crippen LogP contribution is -2.37. The zero-order chi connectivity index (χ0) is 15.2. The summed E-state index contributed by atoms with van der Waals surface area (Å²) in [4.78, 5) is 6.03. The van der Waals surface area contributed by atoms with Crippen LogP contribution in [0.1, 0.15) is 32.8 Å². The molecule has 2 rings (SSSR count). The van der Waals surface area contributed by atoms with E-state index in [0.717, 1.165) is 48.1 Å². The Hall–Kier alpha value is -1.18. The fourth-order valence-corrected chi connectivity index (χ4v) is 3.95. The van der Waals surface area contributed by atoms with Crippen LogP contribution in [0.2, 0.25) is 0 Å². The predicted octanol–water partition coefficient (Wildman–Crippen LogP) is 3.59. The summed E-state index contributed by atoms with van der Waals surface area (Å²) in [7, 11) is 0. The van der Waals surface area contributed by atoms with Crippen LogP contribution in [0.25, 0.3) is 0 Å². The van der Waals surface area contributed by atoms with Gasteiger partial charge in [-0.2, -0.15) is 5.26 Å². The van der Waals surface area contributed by atoms with Gasteiger partial charge in [0.1, 0.15) is 6.07 Å². The number of nitriles is 1. The van der Waals surface area contributed by atoms with E-state index in [1.807, 2.05) is 0 Å². The SMILES string of the molecule is CCSc1cccc(N2CCC(N(CC)CC)C2)c1C#N. The van der Waals surface area contributed by atoms with E-state index in [2.05, 4.69) is 54.8 Å². The molecule has 0 spiro atoms. The first-order valence-corrected chi connectivity index (χ1v) is 8.88. The number of likely N-dealkylation sites (N-methyl/N-ethyl adjacent to an activating group) is 1. The van der Waals surface area contributed by atoms with Crippen LogP contribution in [0.3, 0.4) is 0 Å². The molecule has 1 aromatic rings. The number of anilines is 1. The lowest BCUT2D eigenvalue weighted by Gasteiger charge is -2.27. The smallest absolute Gasteiger partial charge is 0.103 e. The van der Waals surface area contributed by atoms with Gasteiger partial charge >= 0.3 is 0 Å². The summed E-state index contributed by atoms with van der Waals surface area (Å²) in [5, 5.41) is 9.55. The van der Waals surface area contributed by atoms with E-state index in [9.17, 15) is 5.26 Å². The van der Waals surface area contributed by atoms with Crippen LogP contribution >= 0.6 is 11.8 Å². The van der Waals surface area contributed by atoms with E-state index in [1.165, 1.54) is 6.42 Å². The summed E-state index contributed by atoms with van der Waals surface area (Å²) >= 11 is 1.76. The highest BCUT2D eigenvalue weighted by molar-refractivity contribution is 7.99. The Kier molecular flexibility index (Phi) is 5.96. The van der Waals surface area contributed by atoms with Crippen molar-refractivity contribution in [3.63, 3.8) is 0 Å². The number of hydrogen-bond donors (Lipinski definition) is 0. The molecular formula is C17H25N3S. The second kappa shape index (κ2) is 7.72. The molecule has 1 aromatic carbocycles. The van der Waals surface area contributed by atoms with E-state index in [0.29, 0.717) is 6.04 Å². The first-order valence-electron chi connectivity index (χ1n) is 7.89. The average molecular weight is 303 g/mol. The summed E-state index contributed by atoms with van der Waals surface area (Å²) in [6, 6.07) is 9.29.